The first-order chi connectivity index (χ1) is 19.0. The van der Waals surface area contributed by atoms with Crippen molar-refractivity contribution >= 4 is 167 Å². The van der Waals surface area contributed by atoms with Crippen LogP contribution in [0.4, 0.5) is 0 Å². The molecule has 6 aromatic rings. The second-order valence-electron chi connectivity index (χ2n) is 9.14. The summed E-state index contributed by atoms with van der Waals surface area (Å²) < 4.78 is 7.11. The summed E-state index contributed by atoms with van der Waals surface area (Å²) in [5.74, 6) is 3.10. The molecule has 0 aliphatic carbocycles. The van der Waals surface area contributed by atoms with Crippen LogP contribution in [0.2, 0.25) is 0 Å². The highest BCUT2D eigenvalue weighted by atomic mass is 27.1. The fourth-order valence-corrected chi connectivity index (χ4v) is 5.89. The summed E-state index contributed by atoms with van der Waals surface area (Å²) in [5.41, 5.74) is 5.78. The molecule has 4 aromatic heterocycles. The molecule has 6 rings (SSSR count). The van der Waals surface area contributed by atoms with Crippen LogP contribution in [0, 0.1) is 0 Å². The highest BCUT2D eigenvalue weighted by Gasteiger charge is 2.16. The van der Waals surface area contributed by atoms with Crippen LogP contribution in [0.3, 0.4) is 0 Å². The molecular weight excluding hydrogens is 616 g/mol. The monoisotopic (exact) mass is 626 g/mol. The Hall–Kier alpha value is -0.460. The van der Waals surface area contributed by atoms with E-state index in [2.05, 4.69) is 187 Å². The molecule has 16 heteroatoms. The van der Waals surface area contributed by atoms with Crippen molar-refractivity contribution in [3.8, 4) is 56.7 Å². The lowest BCUT2D eigenvalue weighted by Gasteiger charge is -2.12. The molecule has 4 N–H and O–H groups in total. The van der Waals surface area contributed by atoms with E-state index >= 15 is 0 Å². The summed E-state index contributed by atoms with van der Waals surface area (Å²) in [7, 11) is 0. The summed E-state index contributed by atoms with van der Waals surface area (Å²) in [6, 6.07) is 12.7. The molecule has 0 saturated carbocycles. The second-order valence-corrected chi connectivity index (χ2v) is 13.6. The quantitative estimate of drug-likeness (QED) is 0.144. The van der Waals surface area contributed by atoms with Crippen LogP contribution in [-0.4, -0.2) is 170 Å². The number of rotatable bonds is 5. The van der Waals surface area contributed by atoms with E-state index in [4.69, 9.17) is 19.9 Å². The number of H-pyrrole nitrogens is 4. The number of nitrogens with zero attached hydrogens (tertiary/aromatic N) is 4. The maximum Gasteiger partial charge on any atom is 0.210 e. The Kier molecular flexibility index (Phi) is 8.81. The van der Waals surface area contributed by atoms with Gasteiger partial charge in [-0.25, -0.2) is 0 Å². The molecular formula is C24H10Al8N8. The number of aromatic nitrogens is 8. The molecule has 0 amide bonds. The van der Waals surface area contributed by atoms with Crippen LogP contribution in [0.15, 0.2) is 36.4 Å². The van der Waals surface area contributed by atoms with Crippen molar-refractivity contribution in [3.63, 3.8) is 0 Å². The number of benzene rings is 2. The molecule has 0 aliphatic heterocycles. The van der Waals surface area contributed by atoms with Gasteiger partial charge >= 0.3 is 0 Å². The van der Waals surface area contributed by atoms with Crippen LogP contribution in [-0.2, 0) is 0 Å². The Labute approximate surface area is 296 Å². The molecule has 0 fully saturated rings. The van der Waals surface area contributed by atoms with Gasteiger partial charge < -0.3 is 19.9 Å². The zero-order valence-electron chi connectivity index (χ0n) is 20.9. The predicted molar refractivity (Wildman–Crippen MR) is 165 cm³/mol. The van der Waals surface area contributed by atoms with E-state index in [0.717, 1.165) is 93.1 Å². The second kappa shape index (κ2) is 11.9. The van der Waals surface area contributed by atoms with Gasteiger partial charge in [0.05, 0.1) is 0 Å². The average Bonchev–Trinajstić information content (AvgIpc) is 3.66. The number of aromatic amines is 4. The van der Waals surface area contributed by atoms with Crippen LogP contribution in [0.5, 0.6) is 0 Å². The van der Waals surface area contributed by atoms with Crippen molar-refractivity contribution in [2.24, 2.45) is 0 Å². The standard InChI is InChI=1S/C24H10N8.8Al/c1-2-26-21(25-1)17-9-15(10-18(13-17)22-27-3-4-28-22)16-11-19(23-29-5-6-30-23)14-20(12-16)24-31-7-8-32-24;;;;;;;;/h9-14H,(H,25,26)(H,27,28)(H,29,30)(H,31,32);;;;;;;;. The predicted octanol–water partition coefficient (Wildman–Crippen LogP) is -4.74. The van der Waals surface area contributed by atoms with Crippen molar-refractivity contribution in [3.05, 3.63) is 36.4 Å². The van der Waals surface area contributed by atoms with Gasteiger partial charge in [-0.2, -0.15) is 0 Å². The molecule has 0 unspecified atom stereocenters. The fourth-order valence-electron chi connectivity index (χ4n) is 4.28. The Balaban J connectivity index is 1.60. The lowest BCUT2D eigenvalue weighted by atomic mass is 9.95. The van der Waals surface area contributed by atoms with Crippen molar-refractivity contribution in [1.82, 2.24) is 39.9 Å². The average molecular weight is 626 g/mol. The van der Waals surface area contributed by atoms with Crippen molar-refractivity contribution in [2.75, 3.05) is 0 Å². The summed E-state index contributed by atoms with van der Waals surface area (Å²) in [6.45, 7) is 0. The molecule has 4 heterocycles. The van der Waals surface area contributed by atoms with Gasteiger partial charge in [0, 0.05) is 22.3 Å². The number of hydrogen-bond donors (Lipinski definition) is 4. The Morgan fingerprint density at radius 3 is 0.700 bits per heavy atom. The molecule has 170 valence electrons. The summed E-state index contributed by atoms with van der Waals surface area (Å²) >= 11 is 21.5. The largest absolute Gasteiger partial charge is 0.362 e. The van der Waals surface area contributed by atoms with Gasteiger partial charge in [-0.1, -0.05) is 36.4 Å². The van der Waals surface area contributed by atoms with Crippen molar-refractivity contribution < 1.29 is 0 Å². The molecule has 2 aromatic carbocycles. The van der Waals surface area contributed by atoms with Gasteiger partial charge in [0.15, 0.2) is 0 Å². The number of hydrogen-bond acceptors (Lipinski definition) is 4. The summed E-state index contributed by atoms with van der Waals surface area (Å²) in [5, 5.41) is 0. The van der Waals surface area contributed by atoms with E-state index in [1.54, 1.807) is 0 Å². The zero-order chi connectivity index (χ0) is 28.3. The lowest BCUT2D eigenvalue weighted by molar-refractivity contribution is 1.30. The first kappa shape index (κ1) is 29.6. The Morgan fingerprint density at radius 2 is 0.525 bits per heavy atom. The maximum atomic E-state index is 4.74. The smallest absolute Gasteiger partial charge is 0.210 e. The first-order valence-corrected chi connectivity index (χ1v) is 16.4. The molecule has 0 atom stereocenters. The van der Waals surface area contributed by atoms with Crippen LogP contribution >= 0.6 is 0 Å². The minimum Gasteiger partial charge on any atom is -0.362 e. The zero-order valence-corrected chi connectivity index (χ0v) is 30.1. The summed E-state index contributed by atoms with van der Waals surface area (Å²) in [4.78, 5) is 32.5. The third-order valence-electron chi connectivity index (χ3n) is 6.34. The van der Waals surface area contributed by atoms with Gasteiger partial charge in [0.25, 0.3) is 0 Å². The number of nitrogens with one attached hydrogen (secondary N) is 4. The van der Waals surface area contributed by atoms with Gasteiger partial charge in [-0.05, 0) is 47.5 Å². The third kappa shape index (κ3) is 5.98. The maximum absolute atomic E-state index is 4.74. The molecule has 0 saturated heterocycles. The SMILES string of the molecule is [Al][c]1nc(-c2cc(-c3cc(-c4n[c]([Al])[c]([Al])[nH]4)cc(-c4n[c]([Al])[c]([Al])[nH]4)c3)cc(-c3n[c]([Al])[c]([Al])[nH]3)c2)[nH][c]1[Al]. The highest BCUT2D eigenvalue weighted by Crippen LogP contribution is 2.34. The molecule has 8 nitrogen and oxygen atoms in total. The van der Waals surface area contributed by atoms with E-state index in [-0.39, 0.29) is 0 Å². The molecule has 16 radical (unpaired) electrons. The van der Waals surface area contributed by atoms with Crippen LogP contribution in [0.25, 0.3) is 56.7 Å². The molecule has 0 aliphatic rings. The Bertz CT molecular complexity index is 1570. The fraction of sp³-hybridized carbons (Fsp3) is 0. The highest BCUT2D eigenvalue weighted by molar-refractivity contribution is 6.48. The van der Waals surface area contributed by atoms with Gasteiger partial charge in [-0.3, -0.25) is 19.9 Å². The van der Waals surface area contributed by atoms with E-state index < -0.39 is 0 Å². The van der Waals surface area contributed by atoms with E-state index in [0.29, 0.717) is 0 Å². The van der Waals surface area contributed by atoms with Crippen molar-refractivity contribution in [1.29, 1.82) is 0 Å². The van der Waals surface area contributed by atoms with Crippen LogP contribution in [0.1, 0.15) is 0 Å². The molecule has 40 heavy (non-hydrogen) atoms. The molecule has 0 spiro atoms. The van der Waals surface area contributed by atoms with Gasteiger partial charge in [-0.15, -0.1) is 0 Å². The number of imidazole rings is 4. The van der Waals surface area contributed by atoms with Gasteiger partial charge in [0.1, 0.15) is 23.3 Å². The van der Waals surface area contributed by atoms with Gasteiger partial charge in [0.2, 0.25) is 130 Å². The van der Waals surface area contributed by atoms with E-state index in [1.807, 2.05) is 0 Å². The summed E-state index contributed by atoms with van der Waals surface area (Å²) in [6.07, 6.45) is 0. The normalized spacial score (nSPS) is 11.3. The van der Waals surface area contributed by atoms with E-state index in [1.165, 1.54) is 0 Å². The topological polar surface area (TPSA) is 115 Å². The first-order valence-electron chi connectivity index (χ1n) is 11.8. The lowest BCUT2D eigenvalue weighted by Crippen LogP contribution is -2.24. The van der Waals surface area contributed by atoms with Crippen molar-refractivity contribution in [2.45, 2.75) is 0 Å². The van der Waals surface area contributed by atoms with E-state index in [9.17, 15) is 0 Å². The minimum atomic E-state index is 0.774. The van der Waals surface area contributed by atoms with Crippen LogP contribution < -0.4 is 36.4 Å². The molecule has 0 bridgehead atoms. The minimum absolute atomic E-state index is 0.774. The third-order valence-corrected chi connectivity index (χ3v) is 11.2. The Morgan fingerprint density at radius 1 is 0.325 bits per heavy atom.